The minimum absolute atomic E-state index is 0.0271. The first-order valence-electron chi connectivity index (χ1n) is 12.9. The zero-order valence-corrected chi connectivity index (χ0v) is 22.3. The summed E-state index contributed by atoms with van der Waals surface area (Å²) >= 11 is 0. The molecule has 1 saturated carbocycles. The maximum atomic E-state index is 14.6. The number of ketones is 1. The lowest BCUT2D eigenvalue weighted by Gasteiger charge is -2.46. The van der Waals surface area contributed by atoms with Crippen LogP contribution >= 0.6 is 0 Å². The number of rotatable bonds is 6. The quantitative estimate of drug-likeness (QED) is 0.414. The number of anilines is 1. The number of nitrogens with zero attached hydrogens (tertiary/aromatic N) is 2. The number of Topliss-reactive ketones (excluding diaryl/α,β-unsaturated/α-hetero) is 1. The number of methoxy groups -OCH3 is 2. The highest BCUT2D eigenvalue weighted by Gasteiger charge is 2.70. The summed E-state index contributed by atoms with van der Waals surface area (Å²) in [6, 6.07) is 3.17. The van der Waals surface area contributed by atoms with Crippen molar-refractivity contribution in [2.24, 2.45) is 11.8 Å². The number of fused-ring (bicyclic) bond motifs is 2. The van der Waals surface area contributed by atoms with Gasteiger partial charge >= 0.3 is 5.97 Å². The van der Waals surface area contributed by atoms with Crippen LogP contribution in [0.5, 0.6) is 11.5 Å². The Bertz CT molecular complexity index is 1110. The highest BCUT2D eigenvalue weighted by Crippen LogP contribution is 2.63. The fourth-order valence-corrected chi connectivity index (χ4v) is 7.07. The Morgan fingerprint density at radius 2 is 1.97 bits per heavy atom. The van der Waals surface area contributed by atoms with E-state index in [0.717, 1.165) is 18.5 Å². The molecular formula is C27H36N2O8. The molecule has 10 nitrogen and oxygen atoms in total. The van der Waals surface area contributed by atoms with E-state index < -0.39 is 23.7 Å². The van der Waals surface area contributed by atoms with Gasteiger partial charge in [-0.1, -0.05) is 6.07 Å². The highest BCUT2D eigenvalue weighted by atomic mass is 16.7. The van der Waals surface area contributed by atoms with Gasteiger partial charge in [-0.25, -0.2) is 0 Å². The average molecular weight is 517 g/mol. The molecule has 2 saturated heterocycles. The van der Waals surface area contributed by atoms with Crippen molar-refractivity contribution >= 4 is 23.3 Å². The maximum Gasteiger partial charge on any atom is 0.302 e. The SMILES string of the molecule is COc1ccc2c(c1OC(COC(C)=O)OC)N(C(C)=O)C1C3OC(C)C4C(=O)C21CCN(C)CCC34. The van der Waals surface area contributed by atoms with Gasteiger partial charge in [0, 0.05) is 26.9 Å². The van der Waals surface area contributed by atoms with Crippen LogP contribution in [-0.4, -0.2) is 88.1 Å². The molecule has 202 valence electrons. The number of ether oxygens (including phenoxy) is 5. The molecule has 1 aromatic carbocycles. The van der Waals surface area contributed by atoms with Crippen LogP contribution in [0, 0.1) is 11.8 Å². The van der Waals surface area contributed by atoms with E-state index in [2.05, 4.69) is 11.9 Å². The van der Waals surface area contributed by atoms with Crippen molar-refractivity contribution in [3.05, 3.63) is 17.7 Å². The Hall–Kier alpha value is -2.69. The van der Waals surface area contributed by atoms with E-state index in [9.17, 15) is 14.4 Å². The number of amides is 1. The molecule has 4 aliphatic rings. The van der Waals surface area contributed by atoms with Gasteiger partial charge in [-0.05, 0) is 51.5 Å². The van der Waals surface area contributed by atoms with Gasteiger partial charge in [-0.15, -0.1) is 0 Å². The third kappa shape index (κ3) is 3.83. The molecular weight excluding hydrogens is 480 g/mol. The minimum Gasteiger partial charge on any atom is -0.493 e. The Morgan fingerprint density at radius 1 is 1.22 bits per heavy atom. The molecule has 1 aromatic rings. The first-order chi connectivity index (χ1) is 17.6. The first kappa shape index (κ1) is 25.9. The van der Waals surface area contributed by atoms with Crippen molar-refractivity contribution in [2.45, 2.75) is 63.6 Å². The van der Waals surface area contributed by atoms with Crippen molar-refractivity contribution in [1.82, 2.24) is 4.90 Å². The lowest BCUT2D eigenvalue weighted by Crippen LogP contribution is -2.63. The normalized spacial score (nSPS) is 33.2. The van der Waals surface area contributed by atoms with Crippen LogP contribution in [0.25, 0.3) is 0 Å². The van der Waals surface area contributed by atoms with Crippen molar-refractivity contribution in [1.29, 1.82) is 0 Å². The van der Waals surface area contributed by atoms with Gasteiger partial charge in [-0.2, -0.15) is 0 Å². The summed E-state index contributed by atoms with van der Waals surface area (Å²) < 4.78 is 28.9. The molecule has 7 unspecified atom stereocenters. The number of benzene rings is 1. The molecule has 3 fully saturated rings. The lowest BCUT2D eigenvalue weighted by atomic mass is 9.57. The van der Waals surface area contributed by atoms with Gasteiger partial charge in [-0.3, -0.25) is 14.4 Å². The molecule has 0 aromatic heterocycles. The van der Waals surface area contributed by atoms with Crippen LogP contribution < -0.4 is 14.4 Å². The zero-order valence-electron chi connectivity index (χ0n) is 22.3. The van der Waals surface area contributed by atoms with E-state index >= 15 is 0 Å². The first-order valence-corrected chi connectivity index (χ1v) is 12.9. The van der Waals surface area contributed by atoms with E-state index in [-0.39, 0.29) is 48.1 Å². The smallest absolute Gasteiger partial charge is 0.302 e. The molecule has 7 atom stereocenters. The van der Waals surface area contributed by atoms with Crippen molar-refractivity contribution in [3.63, 3.8) is 0 Å². The number of hydrogen-bond acceptors (Lipinski definition) is 9. The van der Waals surface area contributed by atoms with Crippen molar-refractivity contribution in [2.75, 3.05) is 45.9 Å². The van der Waals surface area contributed by atoms with Crippen LogP contribution in [0.1, 0.15) is 39.2 Å². The number of carbonyl (C=O) groups is 3. The van der Waals surface area contributed by atoms with E-state index in [1.165, 1.54) is 28.1 Å². The van der Waals surface area contributed by atoms with Crippen molar-refractivity contribution in [3.8, 4) is 11.5 Å². The van der Waals surface area contributed by atoms with Gasteiger partial charge in [0.2, 0.25) is 12.2 Å². The number of hydrogen-bond donors (Lipinski definition) is 0. The minimum atomic E-state index is -0.946. The van der Waals surface area contributed by atoms with Crippen LogP contribution in [0.15, 0.2) is 12.1 Å². The second-order valence-electron chi connectivity index (χ2n) is 10.6. The average Bonchev–Trinajstić information content (AvgIpc) is 3.34. The van der Waals surface area contributed by atoms with E-state index in [0.29, 0.717) is 24.4 Å². The topological polar surface area (TPSA) is 104 Å². The summed E-state index contributed by atoms with van der Waals surface area (Å²) in [7, 11) is 5.03. The molecule has 37 heavy (non-hydrogen) atoms. The number of carbonyl (C=O) groups excluding carboxylic acids is 3. The largest absolute Gasteiger partial charge is 0.493 e. The summed E-state index contributed by atoms with van der Waals surface area (Å²) in [6.07, 6.45) is -0.0399. The van der Waals surface area contributed by atoms with Gasteiger partial charge in [0.05, 0.1) is 42.4 Å². The Kier molecular flexibility index (Phi) is 6.70. The molecule has 5 rings (SSSR count). The van der Waals surface area contributed by atoms with Crippen LogP contribution in [-0.2, 0) is 34.0 Å². The Balaban J connectivity index is 1.71. The van der Waals surface area contributed by atoms with Crippen LogP contribution in [0.3, 0.4) is 0 Å². The highest BCUT2D eigenvalue weighted by molar-refractivity contribution is 6.07. The number of esters is 1. The third-order valence-electron chi connectivity index (χ3n) is 8.64. The van der Waals surface area contributed by atoms with Crippen molar-refractivity contribution < 1.29 is 38.1 Å². The van der Waals surface area contributed by atoms with Crippen LogP contribution in [0.4, 0.5) is 5.69 Å². The summed E-state index contributed by atoms with van der Waals surface area (Å²) in [5.41, 5.74) is 0.317. The monoisotopic (exact) mass is 516 g/mol. The molecule has 3 heterocycles. The molecule has 1 aliphatic carbocycles. The molecule has 1 spiro atoms. The molecule has 0 N–H and O–H groups in total. The second kappa shape index (κ2) is 9.56. The third-order valence-corrected chi connectivity index (χ3v) is 8.64. The summed E-state index contributed by atoms with van der Waals surface area (Å²) in [5, 5.41) is 0. The fourth-order valence-electron chi connectivity index (χ4n) is 7.07. The summed E-state index contributed by atoms with van der Waals surface area (Å²) in [6.45, 7) is 6.23. The van der Waals surface area contributed by atoms with Crippen LogP contribution in [0.2, 0.25) is 0 Å². The molecule has 10 heteroatoms. The van der Waals surface area contributed by atoms with Gasteiger partial charge in [0.15, 0.2) is 23.9 Å². The van der Waals surface area contributed by atoms with E-state index in [1.54, 1.807) is 11.0 Å². The van der Waals surface area contributed by atoms with Gasteiger partial charge in [0.1, 0.15) is 0 Å². The van der Waals surface area contributed by atoms with Gasteiger partial charge in [0.25, 0.3) is 0 Å². The predicted molar refractivity (Wildman–Crippen MR) is 133 cm³/mol. The molecule has 3 aliphatic heterocycles. The summed E-state index contributed by atoms with van der Waals surface area (Å²) in [4.78, 5) is 43.3. The molecule has 4 bridgehead atoms. The maximum absolute atomic E-state index is 14.6. The fraction of sp³-hybridized carbons (Fsp3) is 0.667. The van der Waals surface area contributed by atoms with Gasteiger partial charge < -0.3 is 33.5 Å². The Labute approximate surface area is 217 Å². The van der Waals surface area contributed by atoms with E-state index in [4.69, 9.17) is 23.7 Å². The standard InChI is InChI=1S/C27H36N2O8/c1-14-21-17-9-11-28(4)12-10-27(26(21)32)18-7-8-19(33-5)24(37-20(34-6)13-35-16(3)31)22(18)29(15(2)30)25(27)23(17)36-14/h7-8,14,17,20-21,23,25H,9-13H2,1-6H3. The zero-order chi connectivity index (χ0) is 26.6. The predicted octanol–water partition coefficient (Wildman–Crippen LogP) is 1.91. The lowest BCUT2D eigenvalue weighted by molar-refractivity contribution is -0.154. The molecule has 1 amide bonds. The summed E-state index contributed by atoms with van der Waals surface area (Å²) in [5.74, 6) is -0.0694. The molecule has 0 radical (unpaired) electrons. The Morgan fingerprint density at radius 3 is 2.62 bits per heavy atom. The van der Waals surface area contributed by atoms with E-state index in [1.807, 2.05) is 13.0 Å². The second-order valence-corrected chi connectivity index (χ2v) is 10.6.